The van der Waals surface area contributed by atoms with Gasteiger partial charge in [0.2, 0.25) is 0 Å². The van der Waals surface area contributed by atoms with Gasteiger partial charge < -0.3 is 5.11 Å². The van der Waals surface area contributed by atoms with Gasteiger partial charge >= 0.3 is 0 Å². The molecular formula is C17H23N3O2. The molecular weight excluding hydrogens is 278 g/mol. The number of rotatable bonds is 8. The zero-order chi connectivity index (χ0) is 15.4. The minimum atomic E-state index is 0.0386. The van der Waals surface area contributed by atoms with Crippen LogP contribution in [0.1, 0.15) is 25.7 Å². The van der Waals surface area contributed by atoms with Crippen molar-refractivity contribution >= 4 is 10.9 Å². The maximum Gasteiger partial charge on any atom is 0.261 e. The largest absolute Gasteiger partial charge is 0.396 e. The van der Waals surface area contributed by atoms with E-state index in [9.17, 15) is 4.79 Å². The summed E-state index contributed by atoms with van der Waals surface area (Å²) in [5, 5.41) is 9.59. The summed E-state index contributed by atoms with van der Waals surface area (Å²) in [7, 11) is 0. The Morgan fingerprint density at radius 2 is 2.05 bits per heavy atom. The highest BCUT2D eigenvalue weighted by atomic mass is 16.2. The minimum absolute atomic E-state index is 0.0386. The Morgan fingerprint density at radius 3 is 2.82 bits per heavy atom. The van der Waals surface area contributed by atoms with E-state index in [2.05, 4.69) is 9.88 Å². The molecule has 0 bridgehead atoms. The van der Waals surface area contributed by atoms with Crippen LogP contribution in [0.2, 0.25) is 0 Å². The van der Waals surface area contributed by atoms with Crippen molar-refractivity contribution in [1.29, 1.82) is 0 Å². The quantitative estimate of drug-likeness (QED) is 0.753. The third-order valence-corrected chi connectivity index (χ3v) is 4.28. The first-order valence-corrected chi connectivity index (χ1v) is 8.08. The Morgan fingerprint density at radius 1 is 1.23 bits per heavy atom. The van der Waals surface area contributed by atoms with Gasteiger partial charge in [0.25, 0.3) is 5.56 Å². The second-order valence-corrected chi connectivity index (χ2v) is 5.96. The lowest BCUT2D eigenvalue weighted by molar-refractivity contribution is 0.227. The third-order valence-electron chi connectivity index (χ3n) is 4.28. The Balaban J connectivity index is 1.67. The second-order valence-electron chi connectivity index (χ2n) is 5.96. The van der Waals surface area contributed by atoms with Crippen LogP contribution >= 0.6 is 0 Å². The predicted octanol–water partition coefficient (Wildman–Crippen LogP) is 1.63. The molecule has 1 N–H and O–H groups in total. The summed E-state index contributed by atoms with van der Waals surface area (Å²) in [4.78, 5) is 19.3. The standard InChI is InChI=1S/C17H23N3O2/c21-12-4-3-9-19(14-7-8-14)10-11-20-13-18-16-6-2-1-5-15(16)17(20)22/h1-2,5-6,13-14,21H,3-4,7-12H2. The molecule has 0 aliphatic heterocycles. The molecule has 1 aromatic carbocycles. The summed E-state index contributed by atoms with van der Waals surface area (Å²) in [6.07, 6.45) is 6.02. The molecule has 5 heteroatoms. The summed E-state index contributed by atoms with van der Waals surface area (Å²) in [5.41, 5.74) is 0.794. The maximum absolute atomic E-state index is 12.5. The first kappa shape index (κ1) is 15.2. The summed E-state index contributed by atoms with van der Waals surface area (Å²) in [6.45, 7) is 2.80. The van der Waals surface area contributed by atoms with Crippen molar-refractivity contribution in [2.45, 2.75) is 38.3 Å². The third kappa shape index (κ3) is 3.54. The summed E-state index contributed by atoms with van der Waals surface area (Å²) < 4.78 is 1.71. The van der Waals surface area contributed by atoms with Gasteiger partial charge in [0, 0.05) is 25.7 Å². The number of aliphatic hydroxyl groups is 1. The highest BCUT2D eigenvalue weighted by Crippen LogP contribution is 2.26. The lowest BCUT2D eigenvalue weighted by Crippen LogP contribution is -2.33. The molecule has 1 aromatic heterocycles. The number of nitrogens with zero attached hydrogens (tertiary/aromatic N) is 3. The minimum Gasteiger partial charge on any atom is -0.396 e. The number of aromatic nitrogens is 2. The van der Waals surface area contributed by atoms with E-state index in [0.717, 1.165) is 31.4 Å². The van der Waals surface area contributed by atoms with Crippen LogP contribution in [-0.4, -0.2) is 45.3 Å². The fourth-order valence-electron chi connectivity index (χ4n) is 2.84. The Bertz CT molecular complexity index is 679. The first-order chi connectivity index (χ1) is 10.8. The van der Waals surface area contributed by atoms with Gasteiger partial charge in [-0.2, -0.15) is 0 Å². The molecule has 118 valence electrons. The van der Waals surface area contributed by atoms with Gasteiger partial charge in [-0.3, -0.25) is 14.3 Å². The van der Waals surface area contributed by atoms with E-state index in [1.165, 1.54) is 12.8 Å². The summed E-state index contributed by atoms with van der Waals surface area (Å²) >= 11 is 0. The van der Waals surface area contributed by atoms with E-state index in [1.54, 1.807) is 10.9 Å². The van der Waals surface area contributed by atoms with Crippen LogP contribution in [0.4, 0.5) is 0 Å². The van der Waals surface area contributed by atoms with E-state index >= 15 is 0 Å². The molecule has 1 fully saturated rings. The van der Waals surface area contributed by atoms with Crippen LogP contribution in [0.25, 0.3) is 10.9 Å². The fraction of sp³-hybridized carbons (Fsp3) is 0.529. The van der Waals surface area contributed by atoms with Crippen LogP contribution < -0.4 is 5.56 Å². The molecule has 1 saturated carbocycles. The van der Waals surface area contributed by atoms with Crippen molar-refractivity contribution in [3.05, 3.63) is 40.9 Å². The number of aliphatic hydroxyl groups excluding tert-OH is 1. The van der Waals surface area contributed by atoms with Crippen LogP contribution in [0.3, 0.4) is 0 Å². The average Bonchev–Trinajstić information content (AvgIpc) is 3.37. The van der Waals surface area contributed by atoms with Crippen molar-refractivity contribution in [2.24, 2.45) is 0 Å². The Hall–Kier alpha value is -1.72. The van der Waals surface area contributed by atoms with Gasteiger partial charge in [-0.15, -0.1) is 0 Å². The van der Waals surface area contributed by atoms with E-state index in [1.807, 2.05) is 24.3 Å². The molecule has 1 aliphatic rings. The lowest BCUT2D eigenvalue weighted by atomic mass is 10.2. The predicted molar refractivity (Wildman–Crippen MR) is 86.9 cm³/mol. The van der Waals surface area contributed by atoms with E-state index in [0.29, 0.717) is 18.0 Å². The highest BCUT2D eigenvalue weighted by molar-refractivity contribution is 5.76. The maximum atomic E-state index is 12.5. The lowest BCUT2D eigenvalue weighted by Gasteiger charge is -2.22. The summed E-state index contributed by atoms with van der Waals surface area (Å²) in [5.74, 6) is 0. The van der Waals surface area contributed by atoms with Crippen LogP contribution in [0.5, 0.6) is 0 Å². The van der Waals surface area contributed by atoms with Gasteiger partial charge in [-0.25, -0.2) is 4.98 Å². The molecule has 22 heavy (non-hydrogen) atoms. The zero-order valence-corrected chi connectivity index (χ0v) is 12.8. The van der Waals surface area contributed by atoms with Gasteiger partial charge in [0.1, 0.15) is 0 Å². The van der Waals surface area contributed by atoms with Gasteiger partial charge in [-0.05, 0) is 44.4 Å². The van der Waals surface area contributed by atoms with Crippen LogP contribution in [0, 0.1) is 0 Å². The fourth-order valence-corrected chi connectivity index (χ4v) is 2.84. The Labute approximate surface area is 130 Å². The van der Waals surface area contributed by atoms with E-state index in [-0.39, 0.29) is 12.2 Å². The van der Waals surface area contributed by atoms with E-state index in [4.69, 9.17) is 5.11 Å². The average molecular weight is 301 g/mol. The number of benzene rings is 1. The smallest absolute Gasteiger partial charge is 0.261 e. The number of hydrogen-bond acceptors (Lipinski definition) is 4. The number of unbranched alkanes of at least 4 members (excludes halogenated alkanes) is 1. The Kier molecular flexibility index (Phi) is 4.85. The van der Waals surface area contributed by atoms with Crippen LogP contribution in [0.15, 0.2) is 35.4 Å². The topological polar surface area (TPSA) is 58.4 Å². The number of para-hydroxylation sites is 1. The molecule has 5 nitrogen and oxygen atoms in total. The number of fused-ring (bicyclic) bond motifs is 1. The number of hydrogen-bond donors (Lipinski definition) is 1. The van der Waals surface area contributed by atoms with E-state index < -0.39 is 0 Å². The van der Waals surface area contributed by atoms with Crippen molar-refractivity contribution in [3.8, 4) is 0 Å². The molecule has 0 saturated heterocycles. The molecule has 0 atom stereocenters. The molecule has 0 amide bonds. The van der Waals surface area contributed by atoms with Crippen molar-refractivity contribution in [1.82, 2.24) is 14.5 Å². The molecule has 0 radical (unpaired) electrons. The molecule has 0 unspecified atom stereocenters. The van der Waals surface area contributed by atoms with Crippen molar-refractivity contribution in [3.63, 3.8) is 0 Å². The second kappa shape index (κ2) is 7.03. The van der Waals surface area contributed by atoms with Crippen LogP contribution in [-0.2, 0) is 6.54 Å². The van der Waals surface area contributed by atoms with Crippen molar-refractivity contribution in [2.75, 3.05) is 19.7 Å². The molecule has 2 aromatic rings. The molecule has 1 aliphatic carbocycles. The molecule has 0 spiro atoms. The summed E-state index contributed by atoms with van der Waals surface area (Å²) in [6, 6.07) is 8.15. The van der Waals surface area contributed by atoms with Gasteiger partial charge in [0.15, 0.2) is 0 Å². The monoisotopic (exact) mass is 301 g/mol. The van der Waals surface area contributed by atoms with Gasteiger partial charge in [-0.1, -0.05) is 12.1 Å². The van der Waals surface area contributed by atoms with Crippen molar-refractivity contribution < 1.29 is 5.11 Å². The molecule has 1 heterocycles. The first-order valence-electron chi connectivity index (χ1n) is 8.08. The SMILES string of the molecule is O=c1c2ccccc2ncn1CCN(CCCCO)C1CC1. The highest BCUT2D eigenvalue weighted by Gasteiger charge is 2.28. The zero-order valence-electron chi connectivity index (χ0n) is 12.8. The normalized spacial score (nSPS) is 14.8. The molecule has 3 rings (SSSR count). The van der Waals surface area contributed by atoms with Gasteiger partial charge in [0.05, 0.1) is 17.2 Å².